The molecule has 0 aliphatic heterocycles. The Morgan fingerprint density at radius 3 is 2.60 bits per heavy atom. The van der Waals surface area contributed by atoms with Gasteiger partial charge in [0.25, 0.3) is 0 Å². The summed E-state index contributed by atoms with van der Waals surface area (Å²) in [6, 6.07) is 6.02. The average molecular weight is 268 g/mol. The summed E-state index contributed by atoms with van der Waals surface area (Å²) in [7, 11) is 0. The minimum absolute atomic E-state index is 0.0489. The first-order valence-electron chi connectivity index (χ1n) is 4.83. The molecule has 3 nitrogen and oxygen atoms in total. The highest BCUT2D eigenvalue weighted by Gasteiger charge is 2.19. The quantitative estimate of drug-likeness (QED) is 0.797. The van der Waals surface area contributed by atoms with Gasteiger partial charge in [0.05, 0.1) is 11.0 Å². The molecule has 2 aromatic rings. The molecule has 0 saturated heterocycles. The second-order valence-corrected chi connectivity index (χ2v) is 5.52. The Labute approximate surface area is 97.4 Å². The number of hydrogen-bond donors (Lipinski definition) is 1. The summed E-state index contributed by atoms with van der Waals surface area (Å²) in [6.07, 6.45) is 0. The Kier molecular flexibility index (Phi) is 2.26. The zero-order chi connectivity index (χ0) is 11.2. The van der Waals surface area contributed by atoms with E-state index in [0.29, 0.717) is 5.95 Å². The number of fused-ring (bicyclic) bond motifs is 1. The summed E-state index contributed by atoms with van der Waals surface area (Å²) >= 11 is 3.43. The minimum atomic E-state index is -0.0489. The van der Waals surface area contributed by atoms with Gasteiger partial charge in [-0.25, -0.2) is 4.98 Å². The van der Waals surface area contributed by atoms with Crippen LogP contribution in [-0.4, -0.2) is 9.55 Å². The standard InChI is InChI=1S/C11H14BrN3/c1-11(2,3)15-9-5-4-7(12)6-8(9)14-10(15)13/h4-6H,1-3H3,(H2,13,14). The molecule has 0 fully saturated rings. The van der Waals surface area contributed by atoms with Crippen molar-refractivity contribution in [2.24, 2.45) is 0 Å². The van der Waals surface area contributed by atoms with E-state index in [-0.39, 0.29) is 5.54 Å². The Morgan fingerprint density at radius 1 is 1.33 bits per heavy atom. The molecule has 2 N–H and O–H groups in total. The zero-order valence-corrected chi connectivity index (χ0v) is 10.7. The fourth-order valence-corrected chi connectivity index (χ4v) is 2.13. The first-order valence-corrected chi connectivity index (χ1v) is 5.63. The summed E-state index contributed by atoms with van der Waals surface area (Å²) in [5.41, 5.74) is 7.88. The number of nitrogens with zero attached hydrogens (tertiary/aromatic N) is 2. The van der Waals surface area contributed by atoms with Crippen LogP contribution in [0.4, 0.5) is 5.95 Å². The largest absolute Gasteiger partial charge is 0.369 e. The minimum Gasteiger partial charge on any atom is -0.369 e. The average Bonchev–Trinajstić information content (AvgIpc) is 2.38. The lowest BCUT2D eigenvalue weighted by Crippen LogP contribution is -2.23. The highest BCUT2D eigenvalue weighted by Crippen LogP contribution is 2.28. The maximum absolute atomic E-state index is 5.93. The summed E-state index contributed by atoms with van der Waals surface area (Å²) < 4.78 is 3.07. The SMILES string of the molecule is CC(C)(C)n1c(N)nc2cc(Br)ccc21. The first-order chi connectivity index (χ1) is 6.89. The van der Waals surface area contributed by atoms with Gasteiger partial charge in [-0.1, -0.05) is 15.9 Å². The van der Waals surface area contributed by atoms with E-state index in [1.54, 1.807) is 0 Å². The molecule has 1 aromatic heterocycles. The van der Waals surface area contributed by atoms with Gasteiger partial charge in [0.2, 0.25) is 5.95 Å². The van der Waals surface area contributed by atoms with Crippen LogP contribution in [0.25, 0.3) is 11.0 Å². The molecule has 0 radical (unpaired) electrons. The number of rotatable bonds is 0. The molecule has 4 heteroatoms. The predicted molar refractivity (Wildman–Crippen MR) is 66.8 cm³/mol. The smallest absolute Gasteiger partial charge is 0.201 e. The van der Waals surface area contributed by atoms with Gasteiger partial charge in [0, 0.05) is 10.0 Å². The monoisotopic (exact) mass is 267 g/mol. The number of imidazole rings is 1. The van der Waals surface area contributed by atoms with Crippen molar-refractivity contribution >= 4 is 32.9 Å². The Hall–Kier alpha value is -1.03. The lowest BCUT2D eigenvalue weighted by molar-refractivity contribution is 0.414. The van der Waals surface area contributed by atoms with Crippen LogP contribution >= 0.6 is 15.9 Å². The van der Waals surface area contributed by atoms with Crippen molar-refractivity contribution in [1.29, 1.82) is 0 Å². The van der Waals surface area contributed by atoms with Crippen LogP contribution in [-0.2, 0) is 5.54 Å². The van der Waals surface area contributed by atoms with Crippen molar-refractivity contribution in [3.8, 4) is 0 Å². The van der Waals surface area contributed by atoms with Gasteiger partial charge in [0.15, 0.2) is 0 Å². The second-order valence-electron chi connectivity index (χ2n) is 4.61. The van der Waals surface area contributed by atoms with E-state index in [1.165, 1.54) is 0 Å². The van der Waals surface area contributed by atoms with Crippen molar-refractivity contribution in [2.45, 2.75) is 26.3 Å². The molecule has 80 valence electrons. The number of nitrogen functional groups attached to an aromatic ring is 1. The van der Waals surface area contributed by atoms with Gasteiger partial charge in [-0.3, -0.25) is 0 Å². The van der Waals surface area contributed by atoms with Gasteiger partial charge in [-0.05, 0) is 39.0 Å². The summed E-state index contributed by atoms with van der Waals surface area (Å²) in [6.45, 7) is 6.35. The number of aromatic nitrogens is 2. The Balaban J connectivity index is 2.80. The summed E-state index contributed by atoms with van der Waals surface area (Å²) in [4.78, 5) is 4.35. The van der Waals surface area contributed by atoms with Crippen molar-refractivity contribution in [2.75, 3.05) is 5.73 Å². The fraction of sp³-hybridized carbons (Fsp3) is 0.364. The molecular formula is C11H14BrN3. The zero-order valence-electron chi connectivity index (χ0n) is 9.08. The van der Waals surface area contributed by atoms with E-state index in [2.05, 4.69) is 46.3 Å². The van der Waals surface area contributed by atoms with Crippen molar-refractivity contribution in [1.82, 2.24) is 9.55 Å². The van der Waals surface area contributed by atoms with Crippen LogP contribution in [0, 0.1) is 0 Å². The van der Waals surface area contributed by atoms with E-state index in [1.807, 2.05) is 18.2 Å². The van der Waals surface area contributed by atoms with Crippen LogP contribution in [0.5, 0.6) is 0 Å². The fourth-order valence-electron chi connectivity index (χ4n) is 1.78. The first kappa shape index (κ1) is 10.5. The number of halogens is 1. The molecule has 1 aromatic carbocycles. The molecule has 0 aliphatic carbocycles. The highest BCUT2D eigenvalue weighted by molar-refractivity contribution is 9.10. The number of benzene rings is 1. The topological polar surface area (TPSA) is 43.8 Å². The Morgan fingerprint density at radius 2 is 2.00 bits per heavy atom. The van der Waals surface area contributed by atoms with Gasteiger partial charge in [-0.15, -0.1) is 0 Å². The predicted octanol–water partition coefficient (Wildman–Crippen LogP) is 3.14. The molecule has 0 unspecified atom stereocenters. The number of hydrogen-bond acceptors (Lipinski definition) is 2. The van der Waals surface area contributed by atoms with Gasteiger partial charge in [-0.2, -0.15) is 0 Å². The van der Waals surface area contributed by atoms with Gasteiger partial charge in [0.1, 0.15) is 0 Å². The second kappa shape index (κ2) is 3.23. The van der Waals surface area contributed by atoms with Crippen LogP contribution < -0.4 is 5.73 Å². The highest BCUT2D eigenvalue weighted by atomic mass is 79.9. The van der Waals surface area contributed by atoms with E-state index >= 15 is 0 Å². The maximum atomic E-state index is 5.93. The van der Waals surface area contributed by atoms with Crippen molar-refractivity contribution in [3.05, 3.63) is 22.7 Å². The Bertz CT molecular complexity index is 508. The molecule has 1 heterocycles. The molecule has 2 rings (SSSR count). The molecular weight excluding hydrogens is 254 g/mol. The molecule has 15 heavy (non-hydrogen) atoms. The van der Waals surface area contributed by atoms with Crippen LogP contribution in [0.2, 0.25) is 0 Å². The summed E-state index contributed by atoms with van der Waals surface area (Å²) in [5.74, 6) is 0.565. The maximum Gasteiger partial charge on any atom is 0.201 e. The van der Waals surface area contributed by atoms with Crippen molar-refractivity contribution < 1.29 is 0 Å². The van der Waals surface area contributed by atoms with Crippen LogP contribution in [0.3, 0.4) is 0 Å². The molecule has 0 atom stereocenters. The van der Waals surface area contributed by atoms with Gasteiger partial charge < -0.3 is 10.3 Å². The lowest BCUT2D eigenvalue weighted by atomic mass is 10.1. The number of nitrogens with two attached hydrogens (primary N) is 1. The third-order valence-electron chi connectivity index (χ3n) is 2.31. The third kappa shape index (κ3) is 1.74. The normalized spacial score (nSPS) is 12.3. The van der Waals surface area contributed by atoms with Gasteiger partial charge >= 0.3 is 0 Å². The molecule has 0 aliphatic rings. The molecule has 0 amide bonds. The molecule has 0 saturated carbocycles. The van der Waals surface area contributed by atoms with E-state index in [0.717, 1.165) is 15.5 Å². The third-order valence-corrected chi connectivity index (χ3v) is 2.81. The van der Waals surface area contributed by atoms with E-state index in [4.69, 9.17) is 5.73 Å². The van der Waals surface area contributed by atoms with E-state index < -0.39 is 0 Å². The number of anilines is 1. The van der Waals surface area contributed by atoms with Crippen LogP contribution in [0.1, 0.15) is 20.8 Å². The van der Waals surface area contributed by atoms with Crippen LogP contribution in [0.15, 0.2) is 22.7 Å². The lowest BCUT2D eigenvalue weighted by Gasteiger charge is -2.23. The van der Waals surface area contributed by atoms with Crippen molar-refractivity contribution in [3.63, 3.8) is 0 Å². The molecule has 0 bridgehead atoms. The van der Waals surface area contributed by atoms with E-state index in [9.17, 15) is 0 Å². The molecule has 0 spiro atoms. The summed E-state index contributed by atoms with van der Waals surface area (Å²) in [5, 5.41) is 0.